The molecule has 19 heavy (non-hydrogen) atoms. The van der Waals surface area contributed by atoms with E-state index in [9.17, 15) is 0 Å². The third-order valence-electron chi connectivity index (χ3n) is 2.61. The van der Waals surface area contributed by atoms with Crippen molar-refractivity contribution in [2.24, 2.45) is 0 Å². The average molecular weight is 272 g/mol. The van der Waals surface area contributed by atoms with Crippen LogP contribution in [0.1, 0.15) is 11.4 Å². The molecule has 0 aliphatic heterocycles. The highest BCUT2D eigenvalue weighted by Gasteiger charge is 2.07. The number of anilines is 2. The second-order valence-corrected chi connectivity index (χ2v) is 4.97. The van der Waals surface area contributed by atoms with Crippen LogP contribution in [0, 0.1) is 6.92 Å². The van der Waals surface area contributed by atoms with Crippen LogP contribution < -0.4 is 11.1 Å². The second kappa shape index (κ2) is 4.77. The van der Waals surface area contributed by atoms with Gasteiger partial charge in [-0.3, -0.25) is 9.97 Å². The quantitative estimate of drug-likeness (QED) is 0.757. The standard InChI is InChI=1S/C12H12N6S/c1-7-4-15-8(5-14-7)6-16-10-9-2-3-19-11(9)18-12(13)17-10/h2-5H,6H2,1H3,(H3,13,16,17,18). The number of fused-ring (bicyclic) bond motifs is 1. The van der Waals surface area contributed by atoms with Gasteiger partial charge in [0, 0.05) is 6.20 Å². The Balaban J connectivity index is 1.85. The van der Waals surface area contributed by atoms with E-state index in [-0.39, 0.29) is 5.95 Å². The highest BCUT2D eigenvalue weighted by molar-refractivity contribution is 7.16. The topological polar surface area (TPSA) is 89.6 Å². The van der Waals surface area contributed by atoms with Crippen LogP contribution in [0.3, 0.4) is 0 Å². The molecule has 0 saturated heterocycles. The number of nitrogen functional groups attached to an aromatic ring is 1. The number of nitrogens with two attached hydrogens (primary N) is 1. The minimum Gasteiger partial charge on any atom is -0.368 e. The van der Waals surface area contributed by atoms with Crippen molar-refractivity contribution in [1.29, 1.82) is 0 Å². The molecule has 0 bridgehead atoms. The number of rotatable bonds is 3. The molecule has 3 rings (SSSR count). The van der Waals surface area contributed by atoms with Crippen molar-refractivity contribution in [2.45, 2.75) is 13.5 Å². The number of nitrogens with one attached hydrogen (secondary N) is 1. The van der Waals surface area contributed by atoms with Gasteiger partial charge in [0.25, 0.3) is 0 Å². The summed E-state index contributed by atoms with van der Waals surface area (Å²) in [6.45, 7) is 2.46. The predicted molar refractivity (Wildman–Crippen MR) is 75.9 cm³/mol. The number of aromatic nitrogens is 4. The maximum Gasteiger partial charge on any atom is 0.223 e. The van der Waals surface area contributed by atoms with E-state index < -0.39 is 0 Å². The first-order chi connectivity index (χ1) is 9.22. The Hall–Kier alpha value is -2.28. The molecule has 3 aromatic rings. The molecular weight excluding hydrogens is 260 g/mol. The molecule has 96 valence electrons. The predicted octanol–water partition coefficient (Wildman–Crippen LogP) is 1.98. The molecule has 0 aliphatic carbocycles. The van der Waals surface area contributed by atoms with Crippen molar-refractivity contribution in [3.8, 4) is 0 Å². The highest BCUT2D eigenvalue weighted by Crippen LogP contribution is 2.25. The molecule has 0 spiro atoms. The molecule has 0 saturated carbocycles. The monoisotopic (exact) mass is 272 g/mol. The Labute approximate surface area is 113 Å². The largest absolute Gasteiger partial charge is 0.368 e. The van der Waals surface area contributed by atoms with E-state index in [0.717, 1.165) is 27.4 Å². The van der Waals surface area contributed by atoms with Crippen LogP contribution in [0.2, 0.25) is 0 Å². The fourth-order valence-electron chi connectivity index (χ4n) is 1.69. The zero-order chi connectivity index (χ0) is 13.2. The van der Waals surface area contributed by atoms with Crippen LogP contribution in [0.15, 0.2) is 23.8 Å². The molecule has 0 amide bonds. The van der Waals surface area contributed by atoms with E-state index in [0.29, 0.717) is 6.54 Å². The minimum atomic E-state index is 0.271. The lowest BCUT2D eigenvalue weighted by molar-refractivity contribution is 0.978. The van der Waals surface area contributed by atoms with Crippen LogP contribution in [-0.2, 0) is 6.54 Å². The van der Waals surface area contributed by atoms with Gasteiger partial charge in [0.1, 0.15) is 10.6 Å². The number of aryl methyl sites for hydroxylation is 1. The molecular formula is C12H12N6S. The van der Waals surface area contributed by atoms with Gasteiger partial charge in [0.2, 0.25) is 5.95 Å². The summed E-state index contributed by atoms with van der Waals surface area (Å²) in [6.07, 6.45) is 3.49. The van der Waals surface area contributed by atoms with Crippen LogP contribution in [-0.4, -0.2) is 19.9 Å². The Bertz CT molecular complexity index is 706. The molecule has 0 atom stereocenters. The van der Waals surface area contributed by atoms with E-state index in [4.69, 9.17) is 5.73 Å². The molecule has 3 aromatic heterocycles. The van der Waals surface area contributed by atoms with Gasteiger partial charge in [0.05, 0.1) is 29.5 Å². The van der Waals surface area contributed by atoms with Crippen molar-refractivity contribution in [2.75, 3.05) is 11.1 Å². The Morgan fingerprint density at radius 1 is 1.26 bits per heavy atom. The van der Waals surface area contributed by atoms with E-state index in [1.807, 2.05) is 18.4 Å². The lowest BCUT2D eigenvalue weighted by atomic mass is 10.3. The van der Waals surface area contributed by atoms with Gasteiger partial charge in [-0.15, -0.1) is 11.3 Å². The Kier molecular flexibility index (Phi) is 2.96. The van der Waals surface area contributed by atoms with E-state index in [2.05, 4.69) is 25.3 Å². The summed E-state index contributed by atoms with van der Waals surface area (Å²) in [4.78, 5) is 17.8. The summed E-state index contributed by atoms with van der Waals surface area (Å²) in [5.41, 5.74) is 7.44. The molecule has 0 unspecified atom stereocenters. The van der Waals surface area contributed by atoms with Gasteiger partial charge in [-0.1, -0.05) is 0 Å². The summed E-state index contributed by atoms with van der Waals surface area (Å²) in [5, 5.41) is 6.16. The fraction of sp³-hybridized carbons (Fsp3) is 0.167. The number of hydrogen-bond acceptors (Lipinski definition) is 7. The normalized spacial score (nSPS) is 10.8. The Morgan fingerprint density at radius 2 is 2.16 bits per heavy atom. The highest BCUT2D eigenvalue weighted by atomic mass is 32.1. The molecule has 0 fully saturated rings. The maximum atomic E-state index is 5.69. The van der Waals surface area contributed by atoms with Crippen LogP contribution in [0.25, 0.3) is 10.2 Å². The fourth-order valence-corrected chi connectivity index (χ4v) is 2.46. The molecule has 0 radical (unpaired) electrons. The van der Waals surface area contributed by atoms with Crippen LogP contribution >= 0.6 is 11.3 Å². The third kappa shape index (κ3) is 2.45. The van der Waals surface area contributed by atoms with E-state index >= 15 is 0 Å². The summed E-state index contributed by atoms with van der Waals surface area (Å²) in [5.74, 6) is 0.999. The van der Waals surface area contributed by atoms with E-state index in [1.165, 1.54) is 0 Å². The zero-order valence-electron chi connectivity index (χ0n) is 10.3. The van der Waals surface area contributed by atoms with Gasteiger partial charge >= 0.3 is 0 Å². The van der Waals surface area contributed by atoms with Crippen molar-refractivity contribution in [3.05, 3.63) is 35.2 Å². The third-order valence-corrected chi connectivity index (χ3v) is 3.42. The van der Waals surface area contributed by atoms with Gasteiger partial charge in [0.15, 0.2) is 0 Å². The lowest BCUT2D eigenvalue weighted by Gasteiger charge is -2.06. The number of thiophene rings is 1. The first kappa shape index (κ1) is 11.8. The van der Waals surface area contributed by atoms with Gasteiger partial charge < -0.3 is 11.1 Å². The second-order valence-electron chi connectivity index (χ2n) is 4.07. The maximum absolute atomic E-state index is 5.69. The molecule has 6 nitrogen and oxygen atoms in total. The first-order valence-corrected chi connectivity index (χ1v) is 6.62. The summed E-state index contributed by atoms with van der Waals surface area (Å²) in [7, 11) is 0. The first-order valence-electron chi connectivity index (χ1n) is 5.74. The number of hydrogen-bond donors (Lipinski definition) is 2. The van der Waals surface area contributed by atoms with Crippen molar-refractivity contribution >= 4 is 33.3 Å². The SMILES string of the molecule is Cc1cnc(CNc2nc(N)nc3sccc23)cn1. The smallest absolute Gasteiger partial charge is 0.223 e. The molecule has 7 heteroatoms. The molecule has 3 heterocycles. The molecule has 0 aromatic carbocycles. The summed E-state index contributed by atoms with van der Waals surface area (Å²) in [6, 6.07) is 1.97. The lowest BCUT2D eigenvalue weighted by Crippen LogP contribution is -2.06. The summed E-state index contributed by atoms with van der Waals surface area (Å²) >= 11 is 1.54. The average Bonchev–Trinajstić information content (AvgIpc) is 2.85. The van der Waals surface area contributed by atoms with Gasteiger partial charge in [-0.25, -0.2) is 4.98 Å². The number of nitrogens with zero attached hydrogens (tertiary/aromatic N) is 4. The molecule has 0 aliphatic rings. The van der Waals surface area contributed by atoms with Crippen LogP contribution in [0.4, 0.5) is 11.8 Å². The van der Waals surface area contributed by atoms with Crippen molar-refractivity contribution in [3.63, 3.8) is 0 Å². The van der Waals surface area contributed by atoms with Crippen LogP contribution in [0.5, 0.6) is 0 Å². The van der Waals surface area contributed by atoms with Gasteiger partial charge in [-0.05, 0) is 18.4 Å². The van der Waals surface area contributed by atoms with Gasteiger partial charge in [-0.2, -0.15) is 4.98 Å². The van der Waals surface area contributed by atoms with E-state index in [1.54, 1.807) is 23.7 Å². The summed E-state index contributed by atoms with van der Waals surface area (Å²) < 4.78 is 0. The van der Waals surface area contributed by atoms with Crippen molar-refractivity contribution in [1.82, 2.24) is 19.9 Å². The molecule has 3 N–H and O–H groups in total. The Morgan fingerprint density at radius 3 is 2.95 bits per heavy atom. The zero-order valence-corrected chi connectivity index (χ0v) is 11.1. The van der Waals surface area contributed by atoms with Crippen molar-refractivity contribution < 1.29 is 0 Å². The minimum absolute atomic E-state index is 0.271.